The lowest BCUT2D eigenvalue weighted by molar-refractivity contribution is -0.140. The van der Waals surface area contributed by atoms with Crippen LogP contribution in [0.1, 0.15) is 39.0 Å². The number of unbranched alkanes of at least 4 members (excludes halogenated alkanes) is 2. The zero-order valence-electron chi connectivity index (χ0n) is 14.3. The smallest absolute Gasteiger partial charge is 0.305 e. The normalized spacial score (nSPS) is 18.6. The van der Waals surface area contributed by atoms with Crippen molar-refractivity contribution in [1.82, 2.24) is 10.2 Å². The Labute approximate surface area is 134 Å². The summed E-state index contributed by atoms with van der Waals surface area (Å²) in [6.07, 6.45) is 4.55. The number of nitrogens with one attached hydrogen (secondary N) is 1. The monoisotopic (exact) mass is 313 g/mol. The van der Waals surface area contributed by atoms with Crippen molar-refractivity contribution >= 4 is 11.9 Å². The van der Waals surface area contributed by atoms with Crippen LogP contribution >= 0.6 is 0 Å². The first-order chi connectivity index (χ1) is 10.7. The highest BCUT2D eigenvalue weighted by Crippen LogP contribution is 2.16. The molecule has 0 aromatic rings. The molecule has 22 heavy (non-hydrogen) atoms. The lowest BCUT2D eigenvalue weighted by Gasteiger charge is -2.21. The molecule has 0 aliphatic carbocycles. The Kier molecular flexibility index (Phi) is 9.62. The van der Waals surface area contributed by atoms with Crippen molar-refractivity contribution in [2.45, 2.75) is 39.0 Å². The van der Waals surface area contributed by atoms with Crippen molar-refractivity contribution in [3.8, 4) is 0 Å². The largest absolute Gasteiger partial charge is 0.469 e. The van der Waals surface area contributed by atoms with E-state index in [1.54, 1.807) is 7.11 Å². The number of carbonyl (C=O) groups is 1. The third-order valence-electron chi connectivity index (χ3n) is 3.85. The van der Waals surface area contributed by atoms with Crippen LogP contribution in [0.2, 0.25) is 0 Å². The van der Waals surface area contributed by atoms with Crippen molar-refractivity contribution < 1.29 is 14.3 Å². The van der Waals surface area contributed by atoms with Gasteiger partial charge in [0.05, 0.1) is 13.7 Å². The summed E-state index contributed by atoms with van der Waals surface area (Å²) < 4.78 is 9.87. The second-order valence-corrected chi connectivity index (χ2v) is 5.68. The van der Waals surface area contributed by atoms with Gasteiger partial charge in [0.1, 0.15) is 0 Å². The van der Waals surface area contributed by atoms with Gasteiger partial charge in [-0.15, -0.1) is 0 Å². The molecule has 0 saturated carbocycles. The Bertz CT molecular complexity index is 348. The van der Waals surface area contributed by atoms with Crippen LogP contribution in [-0.2, 0) is 14.3 Å². The quantitative estimate of drug-likeness (QED) is 0.303. The van der Waals surface area contributed by atoms with Gasteiger partial charge in [-0.3, -0.25) is 9.79 Å². The maximum atomic E-state index is 11.0. The third kappa shape index (κ3) is 7.11. The van der Waals surface area contributed by atoms with Crippen molar-refractivity contribution in [3.63, 3.8) is 0 Å². The van der Waals surface area contributed by atoms with Crippen LogP contribution in [0.25, 0.3) is 0 Å². The number of nitrogens with zero attached hydrogens (tertiary/aromatic N) is 2. The molecule has 1 aliphatic heterocycles. The first-order valence-corrected chi connectivity index (χ1v) is 8.30. The molecular weight excluding hydrogens is 282 g/mol. The van der Waals surface area contributed by atoms with Gasteiger partial charge < -0.3 is 19.7 Å². The van der Waals surface area contributed by atoms with Crippen molar-refractivity contribution in [1.29, 1.82) is 0 Å². The van der Waals surface area contributed by atoms with E-state index in [4.69, 9.17) is 9.73 Å². The van der Waals surface area contributed by atoms with E-state index >= 15 is 0 Å². The molecule has 1 atom stereocenters. The van der Waals surface area contributed by atoms with Crippen molar-refractivity contribution in [2.24, 2.45) is 10.9 Å². The molecule has 1 heterocycles. The third-order valence-corrected chi connectivity index (χ3v) is 3.85. The summed E-state index contributed by atoms with van der Waals surface area (Å²) in [5.74, 6) is 1.49. The van der Waals surface area contributed by atoms with Crippen LogP contribution in [-0.4, -0.2) is 63.8 Å². The van der Waals surface area contributed by atoms with Crippen LogP contribution in [0.5, 0.6) is 0 Å². The number of ether oxygens (including phenoxy) is 2. The molecule has 1 rings (SSSR count). The first-order valence-electron chi connectivity index (χ1n) is 8.30. The fourth-order valence-corrected chi connectivity index (χ4v) is 2.67. The Morgan fingerprint density at radius 2 is 2.14 bits per heavy atom. The molecule has 0 aromatic heterocycles. The highest BCUT2D eigenvalue weighted by atomic mass is 16.5. The number of likely N-dealkylation sites (tertiary alicyclic amines) is 1. The molecule has 0 aromatic carbocycles. The standard InChI is InChI=1S/C16H31N3O3/c1-4-17-16(19-11-9-14(12-19)13-21-2)18-10-7-5-6-8-15(20)22-3/h14H,4-13H2,1-3H3,(H,17,18). The highest BCUT2D eigenvalue weighted by Gasteiger charge is 2.24. The molecule has 1 unspecified atom stereocenters. The van der Waals surface area contributed by atoms with Crippen LogP contribution in [0, 0.1) is 5.92 Å². The lowest BCUT2D eigenvalue weighted by atomic mass is 10.1. The minimum Gasteiger partial charge on any atom is -0.469 e. The Hall–Kier alpha value is -1.30. The summed E-state index contributed by atoms with van der Waals surface area (Å²) >= 11 is 0. The second-order valence-electron chi connectivity index (χ2n) is 5.68. The highest BCUT2D eigenvalue weighted by molar-refractivity contribution is 5.80. The second kappa shape index (κ2) is 11.3. The number of hydrogen-bond acceptors (Lipinski definition) is 4. The average molecular weight is 313 g/mol. The van der Waals surface area contributed by atoms with E-state index in [-0.39, 0.29) is 5.97 Å². The SMILES string of the molecule is CCNC(=NCCCCCC(=O)OC)N1CCC(COC)C1. The van der Waals surface area contributed by atoms with Crippen LogP contribution in [0.4, 0.5) is 0 Å². The van der Waals surface area contributed by atoms with E-state index in [1.165, 1.54) is 7.11 Å². The molecule has 6 heteroatoms. The van der Waals surface area contributed by atoms with E-state index in [0.29, 0.717) is 12.3 Å². The minimum atomic E-state index is -0.127. The molecule has 1 N–H and O–H groups in total. The molecule has 0 radical (unpaired) electrons. The van der Waals surface area contributed by atoms with Gasteiger partial charge in [-0.2, -0.15) is 0 Å². The molecular formula is C16H31N3O3. The Morgan fingerprint density at radius 1 is 1.32 bits per heavy atom. The average Bonchev–Trinajstić information content (AvgIpc) is 2.98. The maximum Gasteiger partial charge on any atom is 0.305 e. The zero-order valence-corrected chi connectivity index (χ0v) is 14.3. The molecule has 0 amide bonds. The van der Waals surface area contributed by atoms with E-state index in [0.717, 1.165) is 64.4 Å². The fraction of sp³-hybridized carbons (Fsp3) is 0.875. The summed E-state index contributed by atoms with van der Waals surface area (Å²) in [4.78, 5) is 18.0. The molecule has 0 bridgehead atoms. The van der Waals surface area contributed by atoms with Gasteiger partial charge in [0.2, 0.25) is 0 Å². The van der Waals surface area contributed by atoms with Gasteiger partial charge in [0.25, 0.3) is 0 Å². The lowest BCUT2D eigenvalue weighted by Crippen LogP contribution is -2.40. The Morgan fingerprint density at radius 3 is 2.82 bits per heavy atom. The number of guanidine groups is 1. The molecule has 1 fully saturated rings. The predicted octanol–water partition coefficient (Wildman–Crippen LogP) is 1.65. The van der Waals surface area contributed by atoms with Crippen molar-refractivity contribution in [2.75, 3.05) is 47.0 Å². The van der Waals surface area contributed by atoms with Gasteiger partial charge in [-0.05, 0) is 26.2 Å². The van der Waals surface area contributed by atoms with Crippen LogP contribution in [0.15, 0.2) is 4.99 Å². The van der Waals surface area contributed by atoms with Gasteiger partial charge in [0.15, 0.2) is 5.96 Å². The predicted molar refractivity (Wildman–Crippen MR) is 88.0 cm³/mol. The van der Waals surface area contributed by atoms with Gasteiger partial charge in [-0.25, -0.2) is 0 Å². The van der Waals surface area contributed by atoms with Crippen LogP contribution < -0.4 is 5.32 Å². The van der Waals surface area contributed by atoms with E-state index < -0.39 is 0 Å². The van der Waals surface area contributed by atoms with Crippen molar-refractivity contribution in [3.05, 3.63) is 0 Å². The van der Waals surface area contributed by atoms with E-state index in [9.17, 15) is 4.79 Å². The van der Waals surface area contributed by atoms with Gasteiger partial charge in [0, 0.05) is 45.6 Å². The molecule has 128 valence electrons. The fourth-order valence-electron chi connectivity index (χ4n) is 2.67. The summed E-state index contributed by atoms with van der Waals surface area (Å²) in [6.45, 7) is 6.66. The maximum absolute atomic E-state index is 11.0. The molecule has 1 saturated heterocycles. The molecule has 1 aliphatic rings. The summed E-state index contributed by atoms with van der Waals surface area (Å²) in [7, 11) is 3.19. The van der Waals surface area contributed by atoms with Crippen LogP contribution in [0.3, 0.4) is 0 Å². The van der Waals surface area contributed by atoms with E-state index in [2.05, 4.69) is 21.9 Å². The number of methoxy groups -OCH3 is 2. The molecule has 6 nitrogen and oxygen atoms in total. The summed E-state index contributed by atoms with van der Waals surface area (Å²) in [5, 5.41) is 3.37. The zero-order chi connectivity index (χ0) is 16.2. The topological polar surface area (TPSA) is 63.2 Å². The summed E-state index contributed by atoms with van der Waals surface area (Å²) in [6, 6.07) is 0. The Balaban J connectivity index is 2.29. The number of rotatable bonds is 9. The summed E-state index contributed by atoms with van der Waals surface area (Å²) in [5.41, 5.74) is 0. The van der Waals surface area contributed by atoms with E-state index in [1.807, 2.05) is 0 Å². The number of esters is 1. The van der Waals surface area contributed by atoms with Gasteiger partial charge >= 0.3 is 5.97 Å². The number of hydrogen-bond donors (Lipinski definition) is 1. The number of carbonyl (C=O) groups excluding carboxylic acids is 1. The minimum absolute atomic E-state index is 0.127. The van der Waals surface area contributed by atoms with Gasteiger partial charge in [-0.1, -0.05) is 6.42 Å². The first kappa shape index (κ1) is 18.7. The number of aliphatic imine (C=N–C) groups is 1. The molecule has 0 spiro atoms.